The van der Waals surface area contributed by atoms with Gasteiger partial charge in [-0.15, -0.1) is 0 Å². The normalized spacial score (nSPS) is 11.3. The van der Waals surface area contributed by atoms with Crippen molar-refractivity contribution in [3.05, 3.63) is 102 Å². The summed E-state index contributed by atoms with van der Waals surface area (Å²) in [7, 11) is -3.60. The van der Waals surface area contributed by atoms with Gasteiger partial charge in [-0.3, -0.25) is 4.79 Å². The van der Waals surface area contributed by atoms with E-state index in [0.717, 1.165) is 11.1 Å². The third kappa shape index (κ3) is 6.01. The summed E-state index contributed by atoms with van der Waals surface area (Å²) >= 11 is 0. The maximum Gasteiger partial charge on any atom is 0.240 e. The van der Waals surface area contributed by atoms with E-state index in [1.807, 2.05) is 60.7 Å². The molecule has 0 atom stereocenters. The molecule has 0 aliphatic heterocycles. The van der Waals surface area contributed by atoms with Crippen LogP contribution in [0.2, 0.25) is 0 Å². The first-order valence-electron chi connectivity index (χ1n) is 9.47. The summed E-state index contributed by atoms with van der Waals surface area (Å²) in [4.78, 5) is 12.5. The Hall–Kier alpha value is -2.96. The van der Waals surface area contributed by atoms with Gasteiger partial charge in [0.2, 0.25) is 15.9 Å². The molecule has 0 saturated carbocycles. The minimum Gasteiger partial charge on any atom is -0.355 e. The molecule has 29 heavy (non-hydrogen) atoms. The molecule has 2 N–H and O–H groups in total. The van der Waals surface area contributed by atoms with E-state index in [9.17, 15) is 13.2 Å². The van der Waals surface area contributed by atoms with Crippen molar-refractivity contribution in [2.75, 3.05) is 13.1 Å². The molecule has 0 aliphatic rings. The highest BCUT2D eigenvalue weighted by molar-refractivity contribution is 7.89. The van der Waals surface area contributed by atoms with Crippen molar-refractivity contribution in [3.8, 4) is 0 Å². The Morgan fingerprint density at radius 2 is 1.24 bits per heavy atom. The molecule has 1 amide bonds. The van der Waals surface area contributed by atoms with E-state index in [-0.39, 0.29) is 29.7 Å². The highest BCUT2D eigenvalue weighted by atomic mass is 32.2. The van der Waals surface area contributed by atoms with Gasteiger partial charge in [-0.05, 0) is 23.3 Å². The molecule has 0 aliphatic carbocycles. The lowest BCUT2D eigenvalue weighted by Gasteiger charge is -2.19. The number of sulfonamides is 1. The second-order valence-corrected chi connectivity index (χ2v) is 8.41. The molecular formula is C23H24N2O3S. The van der Waals surface area contributed by atoms with Gasteiger partial charge in [0.25, 0.3) is 0 Å². The lowest BCUT2D eigenvalue weighted by atomic mass is 9.91. The summed E-state index contributed by atoms with van der Waals surface area (Å²) in [6.07, 6.45) is 0.0718. The Morgan fingerprint density at radius 3 is 1.76 bits per heavy atom. The van der Waals surface area contributed by atoms with E-state index in [1.165, 1.54) is 12.1 Å². The molecule has 0 bridgehead atoms. The molecule has 150 valence electrons. The number of amides is 1. The number of rotatable bonds is 9. The third-order valence-corrected chi connectivity index (χ3v) is 6.08. The molecule has 3 rings (SSSR count). The van der Waals surface area contributed by atoms with Gasteiger partial charge in [0.1, 0.15) is 0 Å². The van der Waals surface area contributed by atoms with Crippen LogP contribution in [0, 0.1) is 0 Å². The minimum atomic E-state index is -3.60. The Labute approximate surface area is 171 Å². The molecule has 0 heterocycles. The molecule has 3 aromatic carbocycles. The Morgan fingerprint density at radius 1 is 0.759 bits per heavy atom. The van der Waals surface area contributed by atoms with Crippen molar-refractivity contribution in [2.24, 2.45) is 0 Å². The Kier molecular flexibility index (Phi) is 7.16. The fourth-order valence-electron chi connectivity index (χ4n) is 3.09. The number of carbonyl (C=O) groups is 1. The molecule has 0 fully saturated rings. The number of carbonyl (C=O) groups excluding carboxylic acids is 1. The smallest absolute Gasteiger partial charge is 0.240 e. The zero-order valence-corrected chi connectivity index (χ0v) is 16.8. The average molecular weight is 409 g/mol. The number of hydrogen-bond donors (Lipinski definition) is 2. The van der Waals surface area contributed by atoms with E-state index >= 15 is 0 Å². The molecule has 0 radical (unpaired) electrons. The molecule has 0 saturated heterocycles. The molecule has 6 heteroatoms. The maximum atomic E-state index is 12.3. The minimum absolute atomic E-state index is 0.0300. The van der Waals surface area contributed by atoms with Crippen molar-refractivity contribution in [1.82, 2.24) is 10.0 Å². The molecule has 0 unspecified atom stereocenters. The monoisotopic (exact) mass is 408 g/mol. The zero-order chi connectivity index (χ0) is 20.5. The zero-order valence-electron chi connectivity index (χ0n) is 16.0. The van der Waals surface area contributed by atoms with Crippen LogP contribution in [-0.2, 0) is 14.8 Å². The predicted octanol–water partition coefficient (Wildman–Crippen LogP) is 3.30. The fourth-order valence-corrected chi connectivity index (χ4v) is 4.14. The number of nitrogens with one attached hydrogen (secondary N) is 2. The second kappa shape index (κ2) is 10.0. The topological polar surface area (TPSA) is 75.3 Å². The highest BCUT2D eigenvalue weighted by Crippen LogP contribution is 2.23. The summed E-state index contributed by atoms with van der Waals surface area (Å²) in [5.74, 6) is -0.167. The van der Waals surface area contributed by atoms with Gasteiger partial charge in [-0.2, -0.15) is 0 Å². The molecule has 5 nitrogen and oxygen atoms in total. The van der Waals surface area contributed by atoms with Crippen molar-refractivity contribution in [3.63, 3.8) is 0 Å². The number of hydrogen-bond acceptors (Lipinski definition) is 3. The fraction of sp³-hybridized carbons (Fsp3) is 0.174. The van der Waals surface area contributed by atoms with Crippen LogP contribution in [0.25, 0.3) is 0 Å². The summed E-state index contributed by atoms with van der Waals surface area (Å²) in [6, 6.07) is 28.1. The van der Waals surface area contributed by atoms with Crippen molar-refractivity contribution in [2.45, 2.75) is 17.2 Å². The first-order valence-corrected chi connectivity index (χ1v) is 11.0. The quantitative estimate of drug-likeness (QED) is 0.570. The van der Waals surface area contributed by atoms with Crippen LogP contribution >= 0.6 is 0 Å². The first-order chi connectivity index (χ1) is 14.1. The SMILES string of the molecule is O=C(CCNS(=O)(=O)c1ccccc1)NCC(c1ccccc1)c1ccccc1. The van der Waals surface area contributed by atoms with Gasteiger partial charge >= 0.3 is 0 Å². The predicted molar refractivity (Wildman–Crippen MR) is 114 cm³/mol. The molecular weight excluding hydrogens is 384 g/mol. The Balaban J connectivity index is 1.55. The lowest BCUT2D eigenvalue weighted by Crippen LogP contribution is -2.33. The highest BCUT2D eigenvalue weighted by Gasteiger charge is 2.16. The van der Waals surface area contributed by atoms with Gasteiger partial charge in [0.15, 0.2) is 0 Å². The average Bonchev–Trinajstić information content (AvgIpc) is 2.76. The van der Waals surface area contributed by atoms with Gasteiger partial charge in [-0.25, -0.2) is 13.1 Å². The van der Waals surface area contributed by atoms with Gasteiger partial charge in [-0.1, -0.05) is 78.9 Å². The molecule has 0 aromatic heterocycles. The largest absolute Gasteiger partial charge is 0.355 e. The van der Waals surface area contributed by atoms with Crippen molar-refractivity contribution < 1.29 is 13.2 Å². The van der Waals surface area contributed by atoms with Gasteiger partial charge in [0.05, 0.1) is 4.90 Å². The van der Waals surface area contributed by atoms with Crippen LogP contribution in [0.4, 0.5) is 0 Å². The van der Waals surface area contributed by atoms with Gasteiger partial charge < -0.3 is 5.32 Å². The van der Waals surface area contributed by atoms with Crippen LogP contribution in [0.3, 0.4) is 0 Å². The summed E-state index contributed by atoms with van der Waals surface area (Å²) in [5, 5.41) is 2.93. The van der Waals surface area contributed by atoms with Crippen LogP contribution in [-0.4, -0.2) is 27.4 Å². The summed E-state index contributed by atoms with van der Waals surface area (Å²) in [6.45, 7) is 0.489. The van der Waals surface area contributed by atoms with E-state index in [0.29, 0.717) is 6.54 Å². The lowest BCUT2D eigenvalue weighted by molar-refractivity contribution is -0.120. The van der Waals surface area contributed by atoms with E-state index in [4.69, 9.17) is 0 Å². The van der Waals surface area contributed by atoms with Crippen LogP contribution in [0.5, 0.6) is 0 Å². The van der Waals surface area contributed by atoms with Crippen LogP contribution in [0.15, 0.2) is 95.9 Å². The first kappa shape index (κ1) is 20.8. The molecule has 0 spiro atoms. The van der Waals surface area contributed by atoms with Crippen molar-refractivity contribution >= 4 is 15.9 Å². The van der Waals surface area contributed by atoms with E-state index < -0.39 is 10.0 Å². The standard InChI is InChI=1S/C23H24N2O3S/c26-23(16-17-25-29(27,28)21-14-8-3-9-15-21)24-18-22(19-10-4-1-5-11-19)20-12-6-2-7-13-20/h1-15,22,25H,16-18H2,(H,24,26). The van der Waals surface area contributed by atoms with Gasteiger partial charge in [0, 0.05) is 25.4 Å². The summed E-state index contributed by atoms with van der Waals surface area (Å²) in [5.41, 5.74) is 2.23. The summed E-state index contributed by atoms with van der Waals surface area (Å²) < 4.78 is 26.9. The number of benzene rings is 3. The van der Waals surface area contributed by atoms with Crippen LogP contribution in [0.1, 0.15) is 23.5 Å². The van der Waals surface area contributed by atoms with Crippen molar-refractivity contribution in [1.29, 1.82) is 0 Å². The second-order valence-electron chi connectivity index (χ2n) is 6.64. The van der Waals surface area contributed by atoms with E-state index in [1.54, 1.807) is 18.2 Å². The van der Waals surface area contributed by atoms with Crippen LogP contribution < -0.4 is 10.0 Å². The Bertz CT molecular complexity index is 968. The van der Waals surface area contributed by atoms with E-state index in [2.05, 4.69) is 10.0 Å². The third-order valence-electron chi connectivity index (χ3n) is 4.60. The maximum absolute atomic E-state index is 12.3. The molecule has 3 aromatic rings.